The van der Waals surface area contributed by atoms with Crippen LogP contribution in [0.1, 0.15) is 23.3 Å². The fourth-order valence-corrected chi connectivity index (χ4v) is 2.65. The van der Waals surface area contributed by atoms with Crippen molar-refractivity contribution in [3.05, 3.63) is 47.5 Å². The van der Waals surface area contributed by atoms with Crippen LogP contribution in [-0.4, -0.2) is 40.4 Å². The van der Waals surface area contributed by atoms with Crippen molar-refractivity contribution in [3.63, 3.8) is 0 Å². The molecule has 2 heterocycles. The number of nitrogens with one attached hydrogen (secondary N) is 1. The number of hydrogen-bond donors (Lipinski definition) is 2. The van der Waals surface area contributed by atoms with Crippen molar-refractivity contribution in [2.75, 3.05) is 19.7 Å². The maximum absolute atomic E-state index is 11.1. The molecule has 1 fully saturated rings. The van der Waals surface area contributed by atoms with Crippen LogP contribution < -0.4 is 11.1 Å². The summed E-state index contributed by atoms with van der Waals surface area (Å²) in [6.45, 7) is 2.86. The molecule has 0 bridgehead atoms. The number of benzene rings is 1. The summed E-state index contributed by atoms with van der Waals surface area (Å²) in [5.41, 5.74) is 6.49. The molecule has 0 spiro atoms. The first-order chi connectivity index (χ1) is 11.2. The number of morpholine rings is 1. The third kappa shape index (κ3) is 4.14. The summed E-state index contributed by atoms with van der Waals surface area (Å²) < 4.78 is 7.61. The second kappa shape index (κ2) is 7.34. The molecule has 1 atom stereocenters. The Bertz CT molecular complexity index is 650. The van der Waals surface area contributed by atoms with E-state index in [1.54, 1.807) is 0 Å². The van der Waals surface area contributed by atoms with E-state index in [4.69, 9.17) is 10.5 Å². The molecule has 1 aliphatic heterocycles. The van der Waals surface area contributed by atoms with Crippen molar-refractivity contribution in [3.8, 4) is 0 Å². The fourth-order valence-electron chi connectivity index (χ4n) is 2.65. The molecule has 1 amide bonds. The molecule has 1 aliphatic rings. The van der Waals surface area contributed by atoms with Gasteiger partial charge in [-0.25, -0.2) is 9.67 Å². The third-order valence-corrected chi connectivity index (χ3v) is 3.75. The molecule has 7 nitrogen and oxygen atoms in total. The Morgan fingerprint density at radius 3 is 2.91 bits per heavy atom. The van der Waals surface area contributed by atoms with Crippen molar-refractivity contribution in [2.45, 2.75) is 25.5 Å². The maximum Gasteiger partial charge on any atom is 0.225 e. The van der Waals surface area contributed by atoms with Gasteiger partial charge in [0.25, 0.3) is 0 Å². The van der Waals surface area contributed by atoms with Gasteiger partial charge in [-0.3, -0.25) is 4.79 Å². The molecular weight excluding hydrogens is 294 g/mol. The lowest BCUT2D eigenvalue weighted by Gasteiger charge is -2.23. The van der Waals surface area contributed by atoms with E-state index < -0.39 is 5.91 Å². The van der Waals surface area contributed by atoms with E-state index in [1.165, 1.54) is 5.56 Å². The van der Waals surface area contributed by atoms with Gasteiger partial charge in [0.15, 0.2) is 11.6 Å². The van der Waals surface area contributed by atoms with Gasteiger partial charge in [-0.2, -0.15) is 5.10 Å². The van der Waals surface area contributed by atoms with Gasteiger partial charge in [0.1, 0.15) is 6.10 Å². The number of aryl methyl sites for hydroxylation is 2. The van der Waals surface area contributed by atoms with Gasteiger partial charge in [-0.1, -0.05) is 30.3 Å². The fraction of sp³-hybridized carbons (Fsp3) is 0.438. The Morgan fingerprint density at radius 2 is 2.22 bits per heavy atom. The number of nitrogens with zero attached hydrogens (tertiary/aromatic N) is 3. The Labute approximate surface area is 134 Å². The van der Waals surface area contributed by atoms with Crippen LogP contribution >= 0.6 is 0 Å². The molecule has 0 radical (unpaired) electrons. The van der Waals surface area contributed by atoms with Gasteiger partial charge in [-0.05, 0) is 12.0 Å². The highest BCUT2D eigenvalue weighted by molar-refractivity contribution is 5.75. The minimum atomic E-state index is -0.431. The molecule has 1 aromatic heterocycles. The highest BCUT2D eigenvalue weighted by Crippen LogP contribution is 2.18. The minimum Gasteiger partial charge on any atom is -0.369 e. The maximum atomic E-state index is 11.1. The number of carbonyl (C=O) groups is 1. The van der Waals surface area contributed by atoms with Crippen LogP contribution in [0.3, 0.4) is 0 Å². The molecule has 1 aromatic carbocycles. The summed E-state index contributed by atoms with van der Waals surface area (Å²) in [5, 5.41) is 7.72. The lowest BCUT2D eigenvalue weighted by molar-refractivity contribution is -0.117. The third-order valence-electron chi connectivity index (χ3n) is 3.75. The molecule has 0 saturated carbocycles. The van der Waals surface area contributed by atoms with Gasteiger partial charge < -0.3 is 15.8 Å². The molecule has 23 heavy (non-hydrogen) atoms. The molecule has 122 valence electrons. The molecule has 2 aromatic rings. The first kappa shape index (κ1) is 15.6. The lowest BCUT2D eigenvalue weighted by atomic mass is 10.1. The van der Waals surface area contributed by atoms with Crippen molar-refractivity contribution in [2.24, 2.45) is 5.73 Å². The average Bonchev–Trinajstić information content (AvgIpc) is 2.97. The Kier molecular flexibility index (Phi) is 4.99. The summed E-state index contributed by atoms with van der Waals surface area (Å²) in [4.78, 5) is 15.6. The van der Waals surface area contributed by atoms with Gasteiger partial charge >= 0.3 is 0 Å². The predicted octanol–water partition coefficient (Wildman–Crippen LogP) is 0.210. The molecule has 0 aliphatic carbocycles. The number of carbonyl (C=O) groups excluding carboxylic acids is 1. The number of aromatic nitrogens is 3. The largest absolute Gasteiger partial charge is 0.369 e. The van der Waals surface area contributed by atoms with E-state index in [9.17, 15) is 4.79 Å². The van der Waals surface area contributed by atoms with Crippen molar-refractivity contribution < 1.29 is 9.53 Å². The van der Waals surface area contributed by atoms with Crippen LogP contribution in [0.2, 0.25) is 0 Å². The first-order valence-electron chi connectivity index (χ1n) is 7.80. The van der Waals surface area contributed by atoms with Gasteiger partial charge in [0.05, 0.1) is 13.0 Å². The summed E-state index contributed by atoms with van der Waals surface area (Å²) >= 11 is 0. The molecule has 7 heteroatoms. The van der Waals surface area contributed by atoms with E-state index in [0.717, 1.165) is 18.8 Å². The van der Waals surface area contributed by atoms with Crippen molar-refractivity contribution >= 4 is 5.91 Å². The summed E-state index contributed by atoms with van der Waals surface area (Å²) in [5.74, 6) is 0.776. The number of primary amides is 1. The second-order valence-electron chi connectivity index (χ2n) is 5.55. The number of amides is 1. The SMILES string of the molecule is NC(=O)Cc1nc(C2CNCCO2)n(CCc2ccccc2)n1. The number of hydrogen-bond acceptors (Lipinski definition) is 5. The van der Waals surface area contributed by atoms with Crippen molar-refractivity contribution in [1.82, 2.24) is 20.1 Å². The quantitative estimate of drug-likeness (QED) is 0.794. The van der Waals surface area contributed by atoms with E-state index >= 15 is 0 Å². The average molecular weight is 315 g/mol. The molecular formula is C16H21N5O2. The van der Waals surface area contributed by atoms with E-state index in [1.807, 2.05) is 22.9 Å². The summed E-state index contributed by atoms with van der Waals surface area (Å²) in [7, 11) is 0. The van der Waals surface area contributed by atoms with Gasteiger partial charge in [-0.15, -0.1) is 0 Å². The van der Waals surface area contributed by atoms with Crippen LogP contribution in [0, 0.1) is 0 Å². The van der Waals surface area contributed by atoms with Crippen LogP contribution in [0.4, 0.5) is 0 Å². The molecule has 3 N–H and O–H groups in total. The lowest BCUT2D eigenvalue weighted by Crippen LogP contribution is -2.35. The second-order valence-corrected chi connectivity index (χ2v) is 5.55. The predicted molar refractivity (Wildman–Crippen MR) is 84.6 cm³/mol. The highest BCUT2D eigenvalue weighted by Gasteiger charge is 2.23. The normalized spacial score (nSPS) is 18.0. The molecule has 3 rings (SSSR count). The topological polar surface area (TPSA) is 95.1 Å². The number of ether oxygens (including phenoxy) is 1. The monoisotopic (exact) mass is 315 g/mol. The van der Waals surface area contributed by atoms with Crippen LogP contribution in [0.5, 0.6) is 0 Å². The standard InChI is InChI=1S/C16H21N5O2/c17-14(22)10-15-19-16(13-11-18-7-9-23-13)21(20-15)8-6-12-4-2-1-3-5-12/h1-5,13,18H,6-11H2,(H2,17,22). The number of rotatable bonds is 6. The van der Waals surface area contributed by atoms with Crippen LogP contribution in [0.25, 0.3) is 0 Å². The Hall–Kier alpha value is -2.25. The Balaban J connectivity index is 1.77. The van der Waals surface area contributed by atoms with Gasteiger partial charge in [0, 0.05) is 19.6 Å². The van der Waals surface area contributed by atoms with Crippen LogP contribution in [-0.2, 0) is 28.9 Å². The van der Waals surface area contributed by atoms with Gasteiger partial charge in [0.2, 0.25) is 5.91 Å². The first-order valence-corrected chi connectivity index (χ1v) is 7.80. The van der Waals surface area contributed by atoms with E-state index in [2.05, 4.69) is 27.5 Å². The smallest absolute Gasteiger partial charge is 0.225 e. The highest BCUT2D eigenvalue weighted by atomic mass is 16.5. The van der Waals surface area contributed by atoms with E-state index in [0.29, 0.717) is 25.5 Å². The summed E-state index contributed by atoms with van der Waals surface area (Å²) in [6.07, 6.45) is 0.743. The van der Waals surface area contributed by atoms with Crippen LogP contribution in [0.15, 0.2) is 30.3 Å². The molecule has 1 unspecified atom stereocenters. The zero-order valence-corrected chi connectivity index (χ0v) is 12.9. The zero-order chi connectivity index (χ0) is 16.1. The Morgan fingerprint density at radius 1 is 1.39 bits per heavy atom. The number of nitrogens with two attached hydrogens (primary N) is 1. The minimum absolute atomic E-state index is 0.0471. The van der Waals surface area contributed by atoms with E-state index in [-0.39, 0.29) is 12.5 Å². The summed E-state index contributed by atoms with van der Waals surface area (Å²) in [6, 6.07) is 10.2. The zero-order valence-electron chi connectivity index (χ0n) is 12.9. The molecule has 1 saturated heterocycles. The van der Waals surface area contributed by atoms with Crippen molar-refractivity contribution in [1.29, 1.82) is 0 Å².